The van der Waals surface area contributed by atoms with Crippen molar-refractivity contribution >= 4 is 17.5 Å². The number of benzene rings is 1. The van der Waals surface area contributed by atoms with Crippen molar-refractivity contribution in [2.24, 2.45) is 0 Å². The van der Waals surface area contributed by atoms with E-state index >= 15 is 0 Å². The Labute approximate surface area is 126 Å². The summed E-state index contributed by atoms with van der Waals surface area (Å²) in [5.41, 5.74) is 1.93. The standard InChI is InChI=1S/C17H24N2O2/c1-13-6-5-7-15(12-13)18-17(21)10-11-19(14(2)20)16-8-3-4-9-16/h5-7,12,16H,3-4,8-11H2,1-2H3,(H,18,21). The number of carbonyl (C=O) groups excluding carboxylic acids is 2. The van der Waals surface area contributed by atoms with Crippen molar-refractivity contribution in [1.29, 1.82) is 0 Å². The molecule has 0 aromatic heterocycles. The van der Waals surface area contributed by atoms with Gasteiger partial charge in [0.1, 0.15) is 0 Å². The predicted molar refractivity (Wildman–Crippen MR) is 84.1 cm³/mol. The molecule has 2 rings (SSSR count). The molecule has 2 amide bonds. The van der Waals surface area contributed by atoms with Gasteiger partial charge in [0.2, 0.25) is 11.8 Å². The highest BCUT2D eigenvalue weighted by atomic mass is 16.2. The zero-order chi connectivity index (χ0) is 15.2. The van der Waals surface area contributed by atoms with Crippen molar-refractivity contribution in [1.82, 2.24) is 4.90 Å². The highest BCUT2D eigenvalue weighted by Crippen LogP contribution is 2.23. The fourth-order valence-corrected chi connectivity index (χ4v) is 2.98. The van der Waals surface area contributed by atoms with Crippen LogP contribution in [0.3, 0.4) is 0 Å². The summed E-state index contributed by atoms with van der Waals surface area (Å²) < 4.78 is 0. The molecule has 4 heteroatoms. The van der Waals surface area contributed by atoms with E-state index in [1.807, 2.05) is 36.1 Å². The van der Waals surface area contributed by atoms with E-state index in [2.05, 4.69) is 5.32 Å². The van der Waals surface area contributed by atoms with Crippen molar-refractivity contribution < 1.29 is 9.59 Å². The summed E-state index contributed by atoms with van der Waals surface area (Å²) in [7, 11) is 0. The molecular weight excluding hydrogens is 264 g/mol. The smallest absolute Gasteiger partial charge is 0.226 e. The van der Waals surface area contributed by atoms with Crippen molar-refractivity contribution in [3.8, 4) is 0 Å². The van der Waals surface area contributed by atoms with Gasteiger partial charge in [-0.3, -0.25) is 9.59 Å². The molecule has 0 bridgehead atoms. The zero-order valence-electron chi connectivity index (χ0n) is 12.9. The topological polar surface area (TPSA) is 49.4 Å². The molecule has 0 unspecified atom stereocenters. The first-order chi connectivity index (χ1) is 10.1. The fourth-order valence-electron chi connectivity index (χ4n) is 2.98. The van der Waals surface area contributed by atoms with Gasteiger partial charge < -0.3 is 10.2 Å². The quantitative estimate of drug-likeness (QED) is 0.905. The monoisotopic (exact) mass is 288 g/mol. The van der Waals surface area contributed by atoms with Crippen LogP contribution in [0.4, 0.5) is 5.69 Å². The number of hydrogen-bond acceptors (Lipinski definition) is 2. The van der Waals surface area contributed by atoms with E-state index in [1.165, 1.54) is 12.8 Å². The third kappa shape index (κ3) is 4.59. The van der Waals surface area contributed by atoms with Crippen molar-refractivity contribution in [3.05, 3.63) is 29.8 Å². The fraction of sp³-hybridized carbons (Fsp3) is 0.529. The molecule has 0 radical (unpaired) electrons. The van der Waals surface area contributed by atoms with E-state index in [0.717, 1.165) is 24.1 Å². The molecule has 0 spiro atoms. The zero-order valence-corrected chi connectivity index (χ0v) is 12.9. The summed E-state index contributed by atoms with van der Waals surface area (Å²) in [5.74, 6) is 0.0371. The molecule has 114 valence electrons. The maximum atomic E-state index is 12.0. The highest BCUT2D eigenvalue weighted by molar-refractivity contribution is 5.91. The molecule has 0 heterocycles. The number of hydrogen-bond donors (Lipinski definition) is 1. The summed E-state index contributed by atoms with van der Waals surface area (Å²) >= 11 is 0. The molecule has 1 fully saturated rings. The Balaban J connectivity index is 1.85. The van der Waals surface area contributed by atoms with E-state index in [0.29, 0.717) is 19.0 Å². The number of rotatable bonds is 5. The molecule has 0 atom stereocenters. The minimum absolute atomic E-state index is 0.0372. The Hall–Kier alpha value is -1.84. The molecule has 1 saturated carbocycles. The van der Waals surface area contributed by atoms with Crippen LogP contribution < -0.4 is 5.32 Å². The van der Waals surface area contributed by atoms with Crippen molar-refractivity contribution in [3.63, 3.8) is 0 Å². The van der Waals surface area contributed by atoms with Gasteiger partial charge >= 0.3 is 0 Å². The van der Waals surface area contributed by atoms with E-state index < -0.39 is 0 Å². The molecule has 1 aromatic carbocycles. The van der Waals surface area contributed by atoms with Crippen LogP contribution in [-0.4, -0.2) is 29.3 Å². The van der Waals surface area contributed by atoms with Crippen LogP contribution in [0.1, 0.15) is 44.6 Å². The Morgan fingerprint density at radius 2 is 2.00 bits per heavy atom. The van der Waals surface area contributed by atoms with Crippen LogP contribution in [0.5, 0.6) is 0 Å². The van der Waals surface area contributed by atoms with Crippen LogP contribution in [0.25, 0.3) is 0 Å². The molecular formula is C17H24N2O2. The van der Waals surface area contributed by atoms with Gasteiger partial charge in [-0.2, -0.15) is 0 Å². The first-order valence-electron chi connectivity index (χ1n) is 7.70. The lowest BCUT2D eigenvalue weighted by atomic mass is 10.2. The average Bonchev–Trinajstić information content (AvgIpc) is 2.92. The van der Waals surface area contributed by atoms with Gasteiger partial charge in [-0.25, -0.2) is 0 Å². The Morgan fingerprint density at radius 3 is 2.62 bits per heavy atom. The maximum Gasteiger partial charge on any atom is 0.226 e. The van der Waals surface area contributed by atoms with E-state index in [1.54, 1.807) is 6.92 Å². The summed E-state index contributed by atoms with van der Waals surface area (Å²) in [6, 6.07) is 8.06. The lowest BCUT2D eigenvalue weighted by Crippen LogP contribution is -2.39. The second kappa shape index (κ2) is 7.25. The Bertz CT molecular complexity index is 507. The molecule has 21 heavy (non-hydrogen) atoms. The van der Waals surface area contributed by atoms with Crippen molar-refractivity contribution in [2.45, 2.75) is 52.0 Å². The van der Waals surface area contributed by atoms with Gasteiger partial charge in [0.05, 0.1) is 0 Å². The summed E-state index contributed by atoms with van der Waals surface area (Å²) in [5, 5.41) is 2.89. The van der Waals surface area contributed by atoms with Gasteiger partial charge in [-0.05, 0) is 37.5 Å². The number of aryl methyl sites for hydroxylation is 1. The molecule has 1 N–H and O–H groups in total. The van der Waals surface area contributed by atoms with E-state index in [9.17, 15) is 9.59 Å². The molecule has 1 aromatic rings. The normalized spacial score (nSPS) is 15.0. The summed E-state index contributed by atoms with van der Waals surface area (Å²) in [4.78, 5) is 25.6. The van der Waals surface area contributed by atoms with Gasteiger partial charge in [0, 0.05) is 31.6 Å². The lowest BCUT2D eigenvalue weighted by molar-refractivity contribution is -0.131. The molecule has 0 saturated heterocycles. The predicted octanol–water partition coefficient (Wildman–Crippen LogP) is 3.11. The SMILES string of the molecule is CC(=O)N(CCC(=O)Nc1cccc(C)c1)C1CCCC1. The summed E-state index contributed by atoms with van der Waals surface area (Å²) in [6.45, 7) is 4.10. The van der Waals surface area contributed by atoms with E-state index in [4.69, 9.17) is 0 Å². The second-order valence-corrected chi connectivity index (χ2v) is 5.82. The minimum Gasteiger partial charge on any atom is -0.339 e. The Morgan fingerprint density at radius 1 is 1.29 bits per heavy atom. The van der Waals surface area contributed by atoms with Crippen LogP contribution in [-0.2, 0) is 9.59 Å². The molecule has 1 aliphatic carbocycles. The molecule has 0 aliphatic heterocycles. The highest BCUT2D eigenvalue weighted by Gasteiger charge is 2.24. The average molecular weight is 288 g/mol. The Kier molecular flexibility index (Phi) is 5.37. The van der Waals surface area contributed by atoms with Crippen LogP contribution >= 0.6 is 0 Å². The first-order valence-corrected chi connectivity index (χ1v) is 7.70. The lowest BCUT2D eigenvalue weighted by Gasteiger charge is -2.27. The number of nitrogens with zero attached hydrogens (tertiary/aromatic N) is 1. The molecule has 4 nitrogen and oxygen atoms in total. The second-order valence-electron chi connectivity index (χ2n) is 5.82. The third-order valence-electron chi connectivity index (χ3n) is 4.05. The van der Waals surface area contributed by atoms with Gasteiger partial charge in [-0.1, -0.05) is 25.0 Å². The number of nitrogens with one attached hydrogen (secondary N) is 1. The van der Waals surface area contributed by atoms with Crippen LogP contribution in [0.15, 0.2) is 24.3 Å². The largest absolute Gasteiger partial charge is 0.339 e. The van der Waals surface area contributed by atoms with Crippen molar-refractivity contribution in [2.75, 3.05) is 11.9 Å². The summed E-state index contributed by atoms with van der Waals surface area (Å²) in [6.07, 6.45) is 4.86. The first kappa shape index (κ1) is 15.5. The number of anilines is 1. The van der Waals surface area contributed by atoms with Crippen LogP contribution in [0, 0.1) is 6.92 Å². The van der Waals surface area contributed by atoms with Gasteiger partial charge in [0.25, 0.3) is 0 Å². The number of amides is 2. The molecule has 1 aliphatic rings. The maximum absolute atomic E-state index is 12.0. The third-order valence-corrected chi connectivity index (χ3v) is 4.05. The van der Waals surface area contributed by atoms with Gasteiger partial charge in [-0.15, -0.1) is 0 Å². The van der Waals surface area contributed by atoms with Gasteiger partial charge in [0.15, 0.2) is 0 Å². The number of carbonyl (C=O) groups is 2. The minimum atomic E-state index is -0.0372. The van der Waals surface area contributed by atoms with E-state index in [-0.39, 0.29) is 11.8 Å². The van der Waals surface area contributed by atoms with Crippen LogP contribution in [0.2, 0.25) is 0 Å².